The largest absolute Gasteiger partial charge is 0.350 e. The average Bonchev–Trinajstić information content (AvgIpc) is 3.32. The molecule has 2 saturated carbocycles. The first-order chi connectivity index (χ1) is 15.0. The van der Waals surface area contributed by atoms with E-state index in [9.17, 15) is 8.42 Å². The van der Waals surface area contributed by atoms with Gasteiger partial charge in [0.05, 0.1) is 24.2 Å². The fourth-order valence-corrected chi connectivity index (χ4v) is 6.81. The van der Waals surface area contributed by atoms with Crippen LogP contribution in [0.1, 0.15) is 76.7 Å². The van der Waals surface area contributed by atoms with Gasteiger partial charge < -0.3 is 9.47 Å². The minimum Gasteiger partial charge on any atom is -0.350 e. The van der Waals surface area contributed by atoms with Crippen LogP contribution >= 0.6 is 0 Å². The molecule has 0 spiro atoms. The molecule has 3 fully saturated rings. The zero-order chi connectivity index (χ0) is 21.7. The van der Waals surface area contributed by atoms with Crippen LogP contribution in [0.5, 0.6) is 0 Å². The Labute approximate surface area is 188 Å². The molecular formula is C25H38O5S. The lowest BCUT2D eigenvalue weighted by molar-refractivity contribution is -0.0514. The molecule has 0 atom stereocenters. The summed E-state index contributed by atoms with van der Waals surface area (Å²) in [6.45, 7) is 3.55. The molecule has 174 valence electrons. The first-order valence-electron chi connectivity index (χ1n) is 12.3. The highest BCUT2D eigenvalue weighted by molar-refractivity contribution is 7.86. The Morgan fingerprint density at radius 2 is 1.42 bits per heavy atom. The first kappa shape index (κ1) is 23.2. The molecule has 1 heterocycles. The molecule has 3 aliphatic rings. The van der Waals surface area contributed by atoms with Crippen LogP contribution in [0, 0.1) is 17.8 Å². The Hall–Kier alpha value is -0.950. The van der Waals surface area contributed by atoms with Crippen molar-refractivity contribution in [2.24, 2.45) is 17.8 Å². The summed E-state index contributed by atoms with van der Waals surface area (Å²) in [4.78, 5) is 0.276. The SMILES string of the molecule is CCc1ccc(S(=O)(=O)OC2CCC(C3CCC(CCC4OCCO4)CC3)CC2)cc1. The van der Waals surface area contributed by atoms with Crippen LogP contribution in [0.2, 0.25) is 0 Å². The van der Waals surface area contributed by atoms with Gasteiger partial charge in [-0.05, 0) is 93.2 Å². The number of hydrogen-bond acceptors (Lipinski definition) is 5. The molecule has 4 rings (SSSR count). The van der Waals surface area contributed by atoms with E-state index in [1.54, 1.807) is 12.1 Å². The van der Waals surface area contributed by atoms with Crippen LogP contribution in [0.3, 0.4) is 0 Å². The molecule has 0 amide bonds. The van der Waals surface area contributed by atoms with E-state index in [1.165, 1.54) is 32.1 Å². The summed E-state index contributed by atoms with van der Waals surface area (Å²) in [6.07, 6.45) is 12.2. The maximum Gasteiger partial charge on any atom is 0.297 e. The maximum absolute atomic E-state index is 12.6. The molecule has 0 aromatic heterocycles. The zero-order valence-electron chi connectivity index (χ0n) is 18.8. The number of rotatable bonds is 8. The smallest absolute Gasteiger partial charge is 0.297 e. The van der Waals surface area contributed by atoms with Crippen molar-refractivity contribution in [2.45, 2.75) is 94.8 Å². The molecule has 6 heteroatoms. The Morgan fingerprint density at radius 1 is 0.839 bits per heavy atom. The van der Waals surface area contributed by atoms with Gasteiger partial charge in [0.15, 0.2) is 6.29 Å². The lowest BCUT2D eigenvalue weighted by Gasteiger charge is -2.37. The van der Waals surface area contributed by atoms with E-state index in [0.717, 1.165) is 75.1 Å². The Balaban J connectivity index is 1.18. The van der Waals surface area contributed by atoms with E-state index >= 15 is 0 Å². The molecule has 1 saturated heterocycles. The lowest BCUT2D eigenvalue weighted by atomic mass is 9.70. The highest BCUT2D eigenvalue weighted by atomic mass is 32.2. The maximum atomic E-state index is 12.6. The predicted octanol–water partition coefficient (Wildman–Crippen LogP) is 5.47. The van der Waals surface area contributed by atoms with Gasteiger partial charge in [-0.3, -0.25) is 4.18 Å². The van der Waals surface area contributed by atoms with E-state index in [-0.39, 0.29) is 17.3 Å². The van der Waals surface area contributed by atoms with Gasteiger partial charge in [0.1, 0.15) is 0 Å². The van der Waals surface area contributed by atoms with Crippen LogP contribution in [-0.2, 0) is 30.2 Å². The number of hydrogen-bond donors (Lipinski definition) is 0. The molecule has 2 aliphatic carbocycles. The molecule has 1 aromatic rings. The summed E-state index contributed by atoms with van der Waals surface area (Å²) in [5.41, 5.74) is 1.13. The van der Waals surface area contributed by atoms with Crippen LogP contribution in [0.15, 0.2) is 29.2 Å². The second kappa shape index (κ2) is 10.8. The second-order valence-corrected chi connectivity index (χ2v) is 11.2. The van der Waals surface area contributed by atoms with Crippen LogP contribution < -0.4 is 0 Å². The highest BCUT2D eigenvalue weighted by Gasteiger charge is 2.33. The van der Waals surface area contributed by atoms with Crippen molar-refractivity contribution >= 4 is 10.1 Å². The van der Waals surface area contributed by atoms with Crippen molar-refractivity contribution in [2.75, 3.05) is 13.2 Å². The van der Waals surface area contributed by atoms with Gasteiger partial charge in [-0.2, -0.15) is 8.42 Å². The normalized spacial score (nSPS) is 30.5. The topological polar surface area (TPSA) is 61.8 Å². The molecule has 31 heavy (non-hydrogen) atoms. The third-order valence-corrected chi connectivity index (χ3v) is 9.04. The summed E-state index contributed by atoms with van der Waals surface area (Å²) in [6, 6.07) is 7.08. The van der Waals surface area contributed by atoms with Gasteiger partial charge in [-0.15, -0.1) is 0 Å². The van der Waals surface area contributed by atoms with Gasteiger partial charge >= 0.3 is 0 Å². The minimum absolute atomic E-state index is 0.0360. The van der Waals surface area contributed by atoms with Gasteiger partial charge in [-0.1, -0.05) is 31.9 Å². The van der Waals surface area contributed by atoms with E-state index in [0.29, 0.717) is 0 Å². The van der Waals surface area contributed by atoms with Crippen molar-refractivity contribution < 1.29 is 22.1 Å². The molecule has 0 bridgehead atoms. The number of ether oxygens (including phenoxy) is 2. The lowest BCUT2D eigenvalue weighted by Crippen LogP contribution is -2.30. The van der Waals surface area contributed by atoms with E-state index in [4.69, 9.17) is 13.7 Å². The molecular weight excluding hydrogens is 412 g/mol. The summed E-state index contributed by atoms with van der Waals surface area (Å²) in [5.74, 6) is 2.34. The van der Waals surface area contributed by atoms with Crippen molar-refractivity contribution in [3.8, 4) is 0 Å². The third-order valence-electron chi connectivity index (χ3n) is 7.66. The molecule has 1 aromatic carbocycles. The van der Waals surface area contributed by atoms with Crippen molar-refractivity contribution in [3.63, 3.8) is 0 Å². The summed E-state index contributed by atoms with van der Waals surface area (Å²) in [7, 11) is -3.67. The molecule has 0 unspecified atom stereocenters. The van der Waals surface area contributed by atoms with Crippen molar-refractivity contribution in [1.29, 1.82) is 0 Å². The van der Waals surface area contributed by atoms with Gasteiger partial charge in [0.25, 0.3) is 10.1 Å². The number of benzene rings is 1. The number of aryl methyl sites for hydroxylation is 1. The van der Waals surface area contributed by atoms with Crippen LogP contribution in [0.25, 0.3) is 0 Å². The van der Waals surface area contributed by atoms with E-state index < -0.39 is 10.1 Å². The fourth-order valence-electron chi connectivity index (χ4n) is 5.68. The summed E-state index contributed by atoms with van der Waals surface area (Å²) >= 11 is 0. The van der Waals surface area contributed by atoms with Gasteiger partial charge in [-0.25, -0.2) is 0 Å². The second-order valence-electron chi connectivity index (χ2n) is 9.61. The Bertz CT molecular complexity index is 769. The molecule has 1 aliphatic heterocycles. The van der Waals surface area contributed by atoms with Crippen molar-refractivity contribution in [3.05, 3.63) is 29.8 Å². The van der Waals surface area contributed by atoms with Crippen molar-refractivity contribution in [1.82, 2.24) is 0 Å². The van der Waals surface area contributed by atoms with Gasteiger partial charge in [0.2, 0.25) is 0 Å². The summed E-state index contributed by atoms with van der Waals surface area (Å²) in [5, 5.41) is 0. The highest BCUT2D eigenvalue weighted by Crippen LogP contribution is 2.42. The van der Waals surface area contributed by atoms with Crippen LogP contribution in [0.4, 0.5) is 0 Å². The quantitative estimate of drug-likeness (QED) is 0.491. The Morgan fingerprint density at radius 3 is 2.00 bits per heavy atom. The molecule has 5 nitrogen and oxygen atoms in total. The monoisotopic (exact) mass is 450 g/mol. The fraction of sp³-hybridized carbons (Fsp3) is 0.760. The molecule has 0 radical (unpaired) electrons. The predicted molar refractivity (Wildman–Crippen MR) is 120 cm³/mol. The van der Waals surface area contributed by atoms with Crippen LogP contribution in [-0.4, -0.2) is 34.0 Å². The zero-order valence-corrected chi connectivity index (χ0v) is 19.7. The van der Waals surface area contributed by atoms with E-state index in [2.05, 4.69) is 6.92 Å². The molecule has 0 N–H and O–H groups in total. The van der Waals surface area contributed by atoms with E-state index in [1.807, 2.05) is 12.1 Å². The standard InChI is InChI=1S/C25H38O5S/c1-2-19-5-14-24(15-6-19)31(26,27)30-23-12-10-22(11-13-23)21-8-3-20(4-9-21)7-16-25-28-17-18-29-25/h5-6,14-15,20-23,25H,2-4,7-13,16-18H2,1H3. The first-order valence-corrected chi connectivity index (χ1v) is 13.7. The van der Waals surface area contributed by atoms with Gasteiger partial charge in [0, 0.05) is 0 Å². The Kier molecular flexibility index (Phi) is 8.07. The minimum atomic E-state index is -3.67. The average molecular weight is 451 g/mol. The third kappa shape index (κ3) is 6.31. The summed E-state index contributed by atoms with van der Waals surface area (Å²) < 4.78 is 42.0.